The molecule has 9 nitrogen and oxygen atoms in total. The summed E-state index contributed by atoms with van der Waals surface area (Å²) in [4.78, 5) is 8.27. The lowest BCUT2D eigenvalue weighted by Crippen LogP contribution is -2.48. The molecule has 3 rings (SSSR count). The lowest BCUT2D eigenvalue weighted by molar-refractivity contribution is 0.195. The minimum absolute atomic E-state index is 0.0248. The van der Waals surface area contributed by atoms with Crippen molar-refractivity contribution in [3.05, 3.63) is 41.5 Å². The second kappa shape index (κ2) is 10.3. The summed E-state index contributed by atoms with van der Waals surface area (Å²) < 4.78 is 61.4. The van der Waals surface area contributed by atoms with E-state index in [1.165, 1.54) is 22.5 Å². The van der Waals surface area contributed by atoms with E-state index >= 15 is 0 Å². The third-order valence-corrected chi connectivity index (χ3v) is 6.47. The van der Waals surface area contributed by atoms with Crippen LogP contribution in [0.3, 0.4) is 0 Å². The Balaban J connectivity index is 1.79. The van der Waals surface area contributed by atoms with Crippen molar-refractivity contribution in [1.29, 1.82) is 0 Å². The van der Waals surface area contributed by atoms with Crippen molar-refractivity contribution in [3.8, 4) is 5.88 Å². The Morgan fingerprint density at radius 1 is 1.27 bits per heavy atom. The maximum atomic E-state index is 13.9. The molecule has 0 bridgehead atoms. The molecule has 1 aromatic heterocycles. The number of halogens is 2. The molecule has 3 N–H and O–H groups in total. The fraction of sp³-hybridized carbons (Fsp3) is 0.412. The van der Waals surface area contributed by atoms with Crippen LogP contribution in [-0.4, -0.2) is 67.2 Å². The molecule has 13 heteroatoms. The van der Waals surface area contributed by atoms with Gasteiger partial charge in [-0.2, -0.15) is 17.7 Å². The van der Waals surface area contributed by atoms with Crippen LogP contribution in [0.2, 0.25) is 0 Å². The zero-order chi connectivity index (χ0) is 21.6. The van der Waals surface area contributed by atoms with Gasteiger partial charge in [-0.1, -0.05) is 23.9 Å². The molecule has 30 heavy (non-hydrogen) atoms. The molecule has 0 unspecified atom stereocenters. The molecular weight excluding hydrogens is 440 g/mol. The number of aromatic nitrogens is 2. The van der Waals surface area contributed by atoms with Crippen molar-refractivity contribution in [2.75, 3.05) is 44.1 Å². The zero-order valence-corrected chi connectivity index (χ0v) is 17.5. The first-order chi connectivity index (χ1) is 14.4. The van der Waals surface area contributed by atoms with Crippen LogP contribution in [0.15, 0.2) is 29.4 Å². The van der Waals surface area contributed by atoms with Crippen LogP contribution in [0.25, 0.3) is 0 Å². The molecule has 0 saturated carbocycles. The molecule has 1 aliphatic rings. The number of hydrogen-bond acceptors (Lipinski definition) is 8. The first-order valence-corrected chi connectivity index (χ1v) is 11.5. The Kier molecular flexibility index (Phi) is 7.77. The van der Waals surface area contributed by atoms with Crippen LogP contribution in [0.4, 0.5) is 14.6 Å². The molecule has 2 aromatic rings. The summed E-state index contributed by atoms with van der Waals surface area (Å²) >= 11 is 0.990. The highest BCUT2D eigenvalue weighted by Crippen LogP contribution is 2.26. The molecule has 0 spiro atoms. The summed E-state index contributed by atoms with van der Waals surface area (Å²) in [6, 6.07) is 5.14. The maximum absolute atomic E-state index is 13.9. The van der Waals surface area contributed by atoms with E-state index < -0.39 is 21.8 Å². The first-order valence-electron chi connectivity index (χ1n) is 9.06. The van der Waals surface area contributed by atoms with Gasteiger partial charge >= 0.3 is 10.2 Å². The summed E-state index contributed by atoms with van der Waals surface area (Å²) in [5.74, 6) is -1.88. The van der Waals surface area contributed by atoms with Gasteiger partial charge in [0.1, 0.15) is 12.4 Å². The van der Waals surface area contributed by atoms with E-state index in [0.29, 0.717) is 26.2 Å². The Hall–Kier alpha value is -2.06. The number of thioether (sulfide) groups is 1. The van der Waals surface area contributed by atoms with E-state index in [0.717, 1.165) is 17.8 Å². The second-order valence-electron chi connectivity index (χ2n) is 6.20. The molecule has 0 radical (unpaired) electrons. The Morgan fingerprint density at radius 2 is 2.03 bits per heavy atom. The number of anilines is 1. The van der Waals surface area contributed by atoms with E-state index in [1.807, 2.05) is 0 Å². The van der Waals surface area contributed by atoms with Gasteiger partial charge in [0.25, 0.3) is 0 Å². The Labute approximate surface area is 177 Å². The normalized spacial score (nSPS) is 15.2. The second-order valence-corrected chi connectivity index (χ2v) is 8.82. The summed E-state index contributed by atoms with van der Waals surface area (Å²) in [6.45, 7) is 1.39. The Morgan fingerprint density at radius 3 is 2.77 bits per heavy atom. The fourth-order valence-corrected chi connectivity index (χ4v) is 4.61. The molecule has 1 saturated heterocycles. The van der Waals surface area contributed by atoms with Gasteiger partial charge in [-0.15, -0.1) is 0 Å². The molecule has 1 aromatic carbocycles. The van der Waals surface area contributed by atoms with E-state index in [1.54, 1.807) is 0 Å². The van der Waals surface area contributed by atoms with Gasteiger partial charge in [0.05, 0.1) is 6.61 Å². The summed E-state index contributed by atoms with van der Waals surface area (Å²) in [5, 5.41) is 12.1. The largest absolute Gasteiger partial charge is 0.475 e. The van der Waals surface area contributed by atoms with Crippen LogP contribution >= 0.6 is 11.8 Å². The summed E-state index contributed by atoms with van der Waals surface area (Å²) in [5.41, 5.74) is 0.119. The monoisotopic (exact) mass is 461 g/mol. The predicted octanol–water partition coefficient (Wildman–Crippen LogP) is 0.980. The SMILES string of the molecule is O=S(=O)(Nc1cc(OCCO)nc(SCc2cccc(F)c2F)n1)N1CCNCC1. The van der Waals surface area contributed by atoms with Crippen molar-refractivity contribution in [2.45, 2.75) is 10.9 Å². The smallest absolute Gasteiger partial charge is 0.302 e. The number of aliphatic hydroxyl groups is 1. The highest BCUT2D eigenvalue weighted by molar-refractivity contribution is 7.98. The molecule has 164 valence electrons. The number of nitrogens with zero attached hydrogens (tertiary/aromatic N) is 3. The van der Waals surface area contributed by atoms with Gasteiger partial charge in [-0.25, -0.2) is 13.8 Å². The lowest BCUT2D eigenvalue weighted by atomic mass is 10.2. The van der Waals surface area contributed by atoms with Gasteiger partial charge in [0.15, 0.2) is 16.8 Å². The van der Waals surface area contributed by atoms with E-state index in [2.05, 4.69) is 20.0 Å². The Bertz CT molecular complexity index is 975. The minimum atomic E-state index is -3.84. The molecular formula is C17H21F2N5O4S2. The maximum Gasteiger partial charge on any atom is 0.302 e. The predicted molar refractivity (Wildman–Crippen MR) is 108 cm³/mol. The highest BCUT2D eigenvalue weighted by atomic mass is 32.2. The van der Waals surface area contributed by atoms with Crippen LogP contribution < -0.4 is 14.8 Å². The number of hydrogen-bond donors (Lipinski definition) is 3. The number of rotatable bonds is 9. The van der Waals surface area contributed by atoms with Crippen LogP contribution in [-0.2, 0) is 16.0 Å². The average Bonchev–Trinajstić information content (AvgIpc) is 2.73. The van der Waals surface area contributed by atoms with E-state index in [4.69, 9.17) is 9.84 Å². The third-order valence-electron chi connectivity index (χ3n) is 4.06. The van der Waals surface area contributed by atoms with E-state index in [-0.39, 0.29) is 41.4 Å². The van der Waals surface area contributed by atoms with Gasteiger partial charge in [0, 0.05) is 43.6 Å². The van der Waals surface area contributed by atoms with Gasteiger partial charge in [-0.05, 0) is 6.07 Å². The van der Waals surface area contributed by atoms with Gasteiger partial charge < -0.3 is 15.2 Å². The molecule has 0 aliphatic carbocycles. The first kappa shape index (κ1) is 22.6. The van der Waals surface area contributed by atoms with Crippen molar-refractivity contribution in [3.63, 3.8) is 0 Å². The number of benzene rings is 1. The zero-order valence-electron chi connectivity index (χ0n) is 15.8. The molecule has 0 amide bonds. The average molecular weight is 462 g/mol. The van der Waals surface area contributed by atoms with E-state index in [9.17, 15) is 17.2 Å². The van der Waals surface area contributed by atoms with Crippen LogP contribution in [0.5, 0.6) is 5.88 Å². The topological polar surface area (TPSA) is 117 Å². The number of aliphatic hydroxyl groups excluding tert-OH is 1. The van der Waals surface area contributed by atoms with Crippen molar-refractivity contribution in [1.82, 2.24) is 19.6 Å². The number of piperazine rings is 1. The number of ether oxygens (including phenoxy) is 1. The summed E-state index contributed by atoms with van der Waals surface area (Å²) in [7, 11) is -3.84. The molecule has 1 fully saturated rings. The van der Waals surface area contributed by atoms with Crippen molar-refractivity contribution in [2.24, 2.45) is 0 Å². The molecule has 1 aliphatic heterocycles. The van der Waals surface area contributed by atoms with Gasteiger partial charge in [-0.3, -0.25) is 4.72 Å². The quantitative estimate of drug-likeness (QED) is 0.374. The standard InChI is InChI=1S/C17H21F2N5O4S2/c18-13-3-1-2-12(16(13)19)11-29-17-21-14(10-15(22-17)28-9-8-25)23-30(26,27)24-6-4-20-5-7-24/h1-3,10,20,25H,4-9,11H2,(H,21,22,23). The molecule has 0 atom stereocenters. The number of nitrogens with one attached hydrogen (secondary N) is 2. The van der Waals surface area contributed by atoms with Gasteiger partial charge in [0.2, 0.25) is 5.88 Å². The van der Waals surface area contributed by atoms with Crippen molar-refractivity contribution >= 4 is 27.8 Å². The van der Waals surface area contributed by atoms with Crippen molar-refractivity contribution < 1.29 is 27.0 Å². The third kappa shape index (κ3) is 5.98. The highest BCUT2D eigenvalue weighted by Gasteiger charge is 2.24. The minimum Gasteiger partial charge on any atom is -0.475 e. The van der Waals surface area contributed by atoms with Crippen LogP contribution in [0.1, 0.15) is 5.56 Å². The van der Waals surface area contributed by atoms with Crippen LogP contribution in [0, 0.1) is 11.6 Å². The summed E-state index contributed by atoms with van der Waals surface area (Å²) in [6.07, 6.45) is 0. The molecule has 2 heterocycles. The fourth-order valence-electron chi connectivity index (χ4n) is 2.63. The lowest BCUT2D eigenvalue weighted by Gasteiger charge is -2.26.